The van der Waals surface area contributed by atoms with E-state index in [4.69, 9.17) is 5.11 Å². The maximum absolute atomic E-state index is 12.0. The van der Waals surface area contributed by atoms with Crippen LogP contribution in [0.25, 0.3) is 0 Å². The van der Waals surface area contributed by atoms with Crippen LogP contribution in [0.15, 0.2) is 30.5 Å². The Bertz CT molecular complexity index is 680. The summed E-state index contributed by atoms with van der Waals surface area (Å²) in [6, 6.07) is 7.62. The molecule has 1 aromatic carbocycles. The van der Waals surface area contributed by atoms with Crippen LogP contribution < -0.4 is 5.32 Å². The highest BCUT2D eigenvalue weighted by Crippen LogP contribution is 2.08. The first-order valence-corrected chi connectivity index (χ1v) is 6.68. The molecular formula is C16H17N3O2. The van der Waals surface area contributed by atoms with E-state index in [2.05, 4.69) is 27.4 Å². The summed E-state index contributed by atoms with van der Waals surface area (Å²) in [4.78, 5) is 12.0. The van der Waals surface area contributed by atoms with Crippen molar-refractivity contribution in [1.82, 2.24) is 15.5 Å². The summed E-state index contributed by atoms with van der Waals surface area (Å²) in [6.07, 6.45) is 1.95. The average Bonchev–Trinajstić information content (AvgIpc) is 2.92. The maximum atomic E-state index is 12.0. The van der Waals surface area contributed by atoms with Gasteiger partial charge >= 0.3 is 0 Å². The van der Waals surface area contributed by atoms with Crippen LogP contribution in [-0.4, -0.2) is 27.8 Å². The third kappa shape index (κ3) is 3.94. The van der Waals surface area contributed by atoms with Crippen LogP contribution in [0.5, 0.6) is 0 Å². The summed E-state index contributed by atoms with van der Waals surface area (Å²) in [5.74, 6) is 5.73. The molecule has 0 saturated carbocycles. The molecular weight excluding hydrogens is 266 g/mol. The second-order valence-corrected chi connectivity index (χ2v) is 4.52. The molecule has 5 heteroatoms. The zero-order valence-corrected chi connectivity index (χ0v) is 11.8. The normalized spacial score (nSPS) is 9.81. The molecule has 0 aliphatic rings. The third-order valence-electron chi connectivity index (χ3n) is 2.99. The predicted octanol–water partition coefficient (Wildman–Crippen LogP) is 1.38. The lowest BCUT2D eigenvalue weighted by Gasteiger charge is -2.06. The van der Waals surface area contributed by atoms with E-state index in [-0.39, 0.29) is 12.5 Å². The van der Waals surface area contributed by atoms with Gasteiger partial charge in [0, 0.05) is 24.2 Å². The number of H-pyrrole nitrogens is 1. The molecule has 21 heavy (non-hydrogen) atoms. The molecule has 2 aromatic rings. The summed E-state index contributed by atoms with van der Waals surface area (Å²) in [5, 5.41) is 18.2. The molecule has 0 unspecified atom stereocenters. The average molecular weight is 283 g/mol. The molecule has 1 heterocycles. The number of aromatic nitrogens is 2. The number of amides is 1. The number of benzene rings is 1. The van der Waals surface area contributed by atoms with Crippen molar-refractivity contribution in [3.05, 3.63) is 52.8 Å². The van der Waals surface area contributed by atoms with E-state index in [9.17, 15) is 4.79 Å². The van der Waals surface area contributed by atoms with E-state index in [0.717, 1.165) is 16.8 Å². The molecule has 0 bridgehead atoms. The molecule has 108 valence electrons. The van der Waals surface area contributed by atoms with Crippen molar-refractivity contribution in [3.63, 3.8) is 0 Å². The second kappa shape index (κ2) is 7.27. The lowest BCUT2D eigenvalue weighted by Crippen LogP contribution is -2.23. The number of aliphatic hydroxyl groups excluding tert-OH is 1. The van der Waals surface area contributed by atoms with Gasteiger partial charge in [0.05, 0.1) is 18.4 Å². The lowest BCUT2D eigenvalue weighted by molar-refractivity contribution is 0.0950. The lowest BCUT2D eigenvalue weighted by atomic mass is 10.1. The van der Waals surface area contributed by atoms with Crippen molar-refractivity contribution in [2.75, 3.05) is 6.61 Å². The van der Waals surface area contributed by atoms with Crippen LogP contribution in [0.3, 0.4) is 0 Å². The highest BCUT2D eigenvalue weighted by atomic mass is 16.2. The van der Waals surface area contributed by atoms with Gasteiger partial charge in [0.1, 0.15) is 0 Å². The largest absolute Gasteiger partial charge is 0.395 e. The minimum absolute atomic E-state index is 0.0473. The van der Waals surface area contributed by atoms with Gasteiger partial charge in [-0.3, -0.25) is 9.89 Å². The van der Waals surface area contributed by atoms with Crippen molar-refractivity contribution < 1.29 is 9.90 Å². The molecule has 0 saturated heterocycles. The first-order valence-electron chi connectivity index (χ1n) is 6.68. The van der Waals surface area contributed by atoms with Crippen molar-refractivity contribution in [2.24, 2.45) is 0 Å². The monoisotopic (exact) mass is 283 g/mol. The third-order valence-corrected chi connectivity index (χ3v) is 2.99. The van der Waals surface area contributed by atoms with Crippen molar-refractivity contribution in [3.8, 4) is 11.8 Å². The molecule has 2 rings (SSSR count). The molecule has 5 nitrogen and oxygen atoms in total. The van der Waals surface area contributed by atoms with Crippen LogP contribution >= 0.6 is 0 Å². The molecule has 0 aliphatic carbocycles. The fourth-order valence-corrected chi connectivity index (χ4v) is 1.86. The second-order valence-electron chi connectivity index (χ2n) is 4.52. The molecule has 0 atom stereocenters. The Hall–Kier alpha value is -2.58. The molecule has 0 radical (unpaired) electrons. The van der Waals surface area contributed by atoms with Gasteiger partial charge in [0.15, 0.2) is 0 Å². The molecule has 0 fully saturated rings. The Morgan fingerprint density at radius 3 is 2.95 bits per heavy atom. The number of aryl methyl sites for hydroxylation is 1. The van der Waals surface area contributed by atoms with Crippen LogP contribution in [0.1, 0.15) is 33.6 Å². The number of nitrogens with zero attached hydrogens (tertiary/aromatic N) is 1. The number of carbonyl (C=O) groups is 1. The van der Waals surface area contributed by atoms with E-state index in [0.29, 0.717) is 18.5 Å². The molecule has 1 amide bonds. The van der Waals surface area contributed by atoms with Gasteiger partial charge in [-0.05, 0) is 18.6 Å². The fraction of sp³-hybridized carbons (Fsp3) is 0.250. The number of aliphatic hydroxyl groups is 1. The summed E-state index contributed by atoms with van der Waals surface area (Å²) in [5.41, 5.74) is 3.08. The minimum Gasteiger partial charge on any atom is -0.395 e. The SMILES string of the molecule is Cc1[nH]ncc1C(=O)NCc1ccccc1C#CCCO. The van der Waals surface area contributed by atoms with Gasteiger partial charge in [-0.25, -0.2) is 0 Å². The number of hydrogen-bond acceptors (Lipinski definition) is 3. The maximum Gasteiger partial charge on any atom is 0.255 e. The fourth-order valence-electron chi connectivity index (χ4n) is 1.86. The standard InChI is InChI=1S/C16H17N3O2/c1-12-15(11-18-19-12)16(21)17-10-14-8-3-2-6-13(14)7-4-5-9-20/h2-3,6,8,11,20H,5,9-10H2,1H3,(H,17,21)(H,18,19). The summed E-state index contributed by atoms with van der Waals surface area (Å²) >= 11 is 0. The molecule has 3 N–H and O–H groups in total. The van der Waals surface area contributed by atoms with E-state index >= 15 is 0 Å². The van der Waals surface area contributed by atoms with Crippen molar-refractivity contribution in [1.29, 1.82) is 0 Å². The van der Waals surface area contributed by atoms with Gasteiger partial charge in [-0.1, -0.05) is 30.0 Å². The van der Waals surface area contributed by atoms with E-state index < -0.39 is 0 Å². The number of rotatable bonds is 4. The van der Waals surface area contributed by atoms with Crippen LogP contribution in [0.2, 0.25) is 0 Å². The quantitative estimate of drug-likeness (QED) is 0.742. The zero-order valence-electron chi connectivity index (χ0n) is 11.8. The van der Waals surface area contributed by atoms with E-state index in [1.165, 1.54) is 6.20 Å². The first-order chi connectivity index (χ1) is 10.2. The Kier molecular flexibility index (Phi) is 5.13. The van der Waals surface area contributed by atoms with Crippen molar-refractivity contribution in [2.45, 2.75) is 19.9 Å². The smallest absolute Gasteiger partial charge is 0.255 e. The summed E-state index contributed by atoms with van der Waals surface area (Å²) in [6.45, 7) is 2.25. The Labute approximate surface area is 123 Å². The topological polar surface area (TPSA) is 78.0 Å². The highest BCUT2D eigenvalue weighted by Gasteiger charge is 2.10. The Morgan fingerprint density at radius 1 is 1.43 bits per heavy atom. The van der Waals surface area contributed by atoms with E-state index in [1.807, 2.05) is 24.3 Å². The number of carbonyl (C=O) groups excluding carboxylic acids is 1. The highest BCUT2D eigenvalue weighted by molar-refractivity contribution is 5.94. The van der Waals surface area contributed by atoms with Crippen molar-refractivity contribution >= 4 is 5.91 Å². The van der Waals surface area contributed by atoms with Gasteiger partial charge < -0.3 is 10.4 Å². The molecule has 0 spiro atoms. The summed E-state index contributed by atoms with van der Waals surface area (Å²) < 4.78 is 0. The van der Waals surface area contributed by atoms with Crippen LogP contribution in [0, 0.1) is 18.8 Å². The number of aromatic amines is 1. The number of nitrogens with one attached hydrogen (secondary N) is 2. The van der Waals surface area contributed by atoms with Gasteiger partial charge in [-0.2, -0.15) is 5.10 Å². The van der Waals surface area contributed by atoms with Gasteiger partial charge in [0.25, 0.3) is 5.91 Å². The van der Waals surface area contributed by atoms with E-state index in [1.54, 1.807) is 6.92 Å². The van der Waals surface area contributed by atoms with Gasteiger partial charge in [-0.15, -0.1) is 0 Å². The van der Waals surface area contributed by atoms with Gasteiger partial charge in [0.2, 0.25) is 0 Å². The molecule has 1 aromatic heterocycles. The minimum atomic E-state index is -0.167. The molecule has 0 aliphatic heterocycles. The Morgan fingerprint density at radius 2 is 2.24 bits per heavy atom. The van der Waals surface area contributed by atoms with Crippen LogP contribution in [0.4, 0.5) is 0 Å². The number of hydrogen-bond donors (Lipinski definition) is 3. The first kappa shape index (κ1) is 14.8. The zero-order chi connectivity index (χ0) is 15.1. The Balaban J connectivity index is 2.05. The summed E-state index contributed by atoms with van der Waals surface area (Å²) in [7, 11) is 0. The van der Waals surface area contributed by atoms with Crippen LogP contribution in [-0.2, 0) is 6.54 Å². The predicted molar refractivity (Wildman–Crippen MR) is 79.5 cm³/mol.